The van der Waals surface area contributed by atoms with E-state index >= 15 is 0 Å². The number of benzene rings is 1. The van der Waals surface area contributed by atoms with Crippen molar-refractivity contribution >= 4 is 12.6 Å². The minimum absolute atomic E-state index is 0.0599. The lowest BCUT2D eigenvalue weighted by Crippen LogP contribution is -2.41. The summed E-state index contributed by atoms with van der Waals surface area (Å²) in [6.07, 6.45) is 0. The first-order valence-electron chi connectivity index (χ1n) is 6.10. The van der Waals surface area contributed by atoms with Crippen molar-refractivity contribution < 1.29 is 23.5 Å². The molecule has 6 heteroatoms. The highest BCUT2D eigenvalue weighted by molar-refractivity contribution is 6.63. The average Bonchev–Trinajstić information content (AvgIpc) is 2.50. The van der Waals surface area contributed by atoms with Crippen LogP contribution in [0.15, 0.2) is 12.1 Å². The van der Waals surface area contributed by atoms with E-state index in [0.717, 1.165) is 6.07 Å². The Kier molecular flexibility index (Phi) is 3.27. The minimum atomic E-state index is -0.824. The molecule has 0 bridgehead atoms. The van der Waals surface area contributed by atoms with Crippen LogP contribution in [0.4, 0.5) is 4.39 Å². The summed E-state index contributed by atoms with van der Waals surface area (Å²) in [5, 5.41) is 10.1. The summed E-state index contributed by atoms with van der Waals surface area (Å²) in [5.41, 5.74) is -0.872. The highest BCUT2D eigenvalue weighted by atomic mass is 19.1. The molecule has 0 radical (unpaired) electrons. The van der Waals surface area contributed by atoms with Crippen LogP contribution >= 0.6 is 0 Å². The van der Waals surface area contributed by atoms with Crippen molar-refractivity contribution in [2.24, 2.45) is 0 Å². The van der Waals surface area contributed by atoms with Gasteiger partial charge in [0.25, 0.3) is 0 Å². The first-order chi connectivity index (χ1) is 8.68. The van der Waals surface area contributed by atoms with Crippen LogP contribution in [0.3, 0.4) is 0 Å². The maximum absolute atomic E-state index is 13.5. The Morgan fingerprint density at radius 3 is 2.16 bits per heavy atom. The lowest BCUT2D eigenvalue weighted by atomic mass is 9.78. The molecule has 1 saturated heterocycles. The third-order valence-electron chi connectivity index (χ3n) is 3.80. The van der Waals surface area contributed by atoms with Gasteiger partial charge in [-0.25, -0.2) is 4.39 Å². The topological polar surface area (TPSA) is 47.9 Å². The van der Waals surface area contributed by atoms with Crippen molar-refractivity contribution in [3.63, 3.8) is 0 Å². The number of methoxy groups -OCH3 is 1. The molecule has 1 aromatic rings. The van der Waals surface area contributed by atoms with Gasteiger partial charge >= 0.3 is 7.12 Å². The van der Waals surface area contributed by atoms with Gasteiger partial charge in [0, 0.05) is 11.5 Å². The van der Waals surface area contributed by atoms with E-state index in [9.17, 15) is 9.50 Å². The first kappa shape index (κ1) is 14.2. The predicted molar refractivity (Wildman–Crippen MR) is 70.3 cm³/mol. The summed E-state index contributed by atoms with van der Waals surface area (Å²) >= 11 is 0. The molecule has 0 spiro atoms. The SMILES string of the molecule is COc1cc(F)cc(B2OC(C)(C)C(C)(C)O2)c1O. The van der Waals surface area contributed by atoms with Crippen molar-refractivity contribution in [1.82, 2.24) is 0 Å². The second-order valence-electron chi connectivity index (χ2n) is 5.63. The summed E-state index contributed by atoms with van der Waals surface area (Å²) in [7, 11) is 0.539. The fraction of sp³-hybridized carbons (Fsp3) is 0.538. The molecular formula is C13H18BFO4. The van der Waals surface area contributed by atoms with Crippen LogP contribution in [0, 0.1) is 5.82 Å². The van der Waals surface area contributed by atoms with Gasteiger partial charge in [0.1, 0.15) is 5.82 Å². The molecule has 2 rings (SSSR count). The Balaban J connectivity index is 2.42. The number of ether oxygens (including phenoxy) is 1. The molecule has 1 fully saturated rings. The molecule has 4 nitrogen and oxygen atoms in total. The van der Waals surface area contributed by atoms with Gasteiger partial charge in [-0.2, -0.15) is 0 Å². The molecule has 1 heterocycles. The number of hydrogen-bond acceptors (Lipinski definition) is 4. The van der Waals surface area contributed by atoms with Gasteiger partial charge in [-0.1, -0.05) is 0 Å². The van der Waals surface area contributed by atoms with Crippen LogP contribution in [0.2, 0.25) is 0 Å². The van der Waals surface area contributed by atoms with E-state index in [1.54, 1.807) is 0 Å². The third kappa shape index (κ3) is 2.30. The van der Waals surface area contributed by atoms with Crippen LogP contribution in [0.25, 0.3) is 0 Å². The fourth-order valence-electron chi connectivity index (χ4n) is 1.90. The second kappa shape index (κ2) is 4.39. The van der Waals surface area contributed by atoms with Crippen molar-refractivity contribution in [2.75, 3.05) is 7.11 Å². The monoisotopic (exact) mass is 268 g/mol. The highest BCUT2D eigenvalue weighted by Gasteiger charge is 2.52. The quantitative estimate of drug-likeness (QED) is 0.831. The summed E-state index contributed by atoms with van der Waals surface area (Å²) < 4.78 is 30.0. The molecule has 1 aliphatic rings. The lowest BCUT2D eigenvalue weighted by molar-refractivity contribution is 0.00578. The van der Waals surface area contributed by atoms with E-state index in [2.05, 4.69) is 0 Å². The number of aromatic hydroxyl groups is 1. The van der Waals surface area contributed by atoms with E-state index in [-0.39, 0.29) is 17.0 Å². The maximum Gasteiger partial charge on any atom is 0.498 e. The summed E-state index contributed by atoms with van der Waals surface area (Å²) in [6, 6.07) is 2.31. The van der Waals surface area contributed by atoms with Crippen molar-refractivity contribution in [3.05, 3.63) is 17.9 Å². The zero-order chi connectivity index (χ0) is 14.4. The van der Waals surface area contributed by atoms with E-state index in [1.165, 1.54) is 13.2 Å². The van der Waals surface area contributed by atoms with Gasteiger partial charge in [0.2, 0.25) is 0 Å². The molecule has 1 N–H and O–H groups in total. The zero-order valence-corrected chi connectivity index (χ0v) is 11.8. The van der Waals surface area contributed by atoms with Crippen LogP contribution in [-0.4, -0.2) is 30.5 Å². The molecule has 0 aromatic heterocycles. The minimum Gasteiger partial charge on any atom is -0.505 e. The first-order valence-corrected chi connectivity index (χ1v) is 6.10. The Morgan fingerprint density at radius 1 is 1.16 bits per heavy atom. The Morgan fingerprint density at radius 2 is 1.68 bits per heavy atom. The van der Waals surface area contributed by atoms with Gasteiger partial charge in [-0.15, -0.1) is 0 Å². The van der Waals surface area contributed by atoms with Crippen molar-refractivity contribution in [3.8, 4) is 11.5 Å². The molecule has 19 heavy (non-hydrogen) atoms. The molecule has 0 amide bonds. The van der Waals surface area contributed by atoms with Crippen LogP contribution < -0.4 is 10.2 Å². The molecule has 0 saturated carbocycles. The Labute approximate surface area is 112 Å². The molecule has 0 aliphatic carbocycles. The number of rotatable bonds is 2. The zero-order valence-electron chi connectivity index (χ0n) is 11.8. The summed E-state index contributed by atoms with van der Waals surface area (Å²) in [5.74, 6) is -0.619. The molecule has 0 unspecified atom stereocenters. The predicted octanol–water partition coefficient (Wildman–Crippen LogP) is 1.84. The molecular weight excluding hydrogens is 250 g/mol. The van der Waals surface area contributed by atoms with Gasteiger partial charge in [-0.05, 0) is 33.8 Å². The standard InChI is InChI=1S/C13H18BFO4/c1-12(2)13(3,4)19-14(18-12)9-6-8(15)7-10(17-5)11(9)16/h6-7,16H,1-5H3. The molecule has 1 aliphatic heterocycles. The highest BCUT2D eigenvalue weighted by Crippen LogP contribution is 2.38. The van der Waals surface area contributed by atoms with Crippen molar-refractivity contribution in [2.45, 2.75) is 38.9 Å². The maximum atomic E-state index is 13.5. The van der Waals surface area contributed by atoms with Crippen LogP contribution in [0.5, 0.6) is 11.5 Å². The van der Waals surface area contributed by atoms with E-state index < -0.39 is 24.1 Å². The Bertz CT molecular complexity index is 486. The van der Waals surface area contributed by atoms with E-state index in [0.29, 0.717) is 0 Å². The molecule has 104 valence electrons. The summed E-state index contributed by atoms with van der Waals surface area (Å²) in [6.45, 7) is 7.56. The van der Waals surface area contributed by atoms with Gasteiger partial charge in [0.05, 0.1) is 18.3 Å². The Hall–Kier alpha value is -1.27. The normalized spacial score (nSPS) is 20.6. The van der Waals surface area contributed by atoms with E-state index in [4.69, 9.17) is 14.0 Å². The molecule has 0 atom stereocenters. The number of halogens is 1. The number of hydrogen-bond donors (Lipinski definition) is 1. The van der Waals surface area contributed by atoms with Crippen LogP contribution in [0.1, 0.15) is 27.7 Å². The van der Waals surface area contributed by atoms with Gasteiger partial charge < -0.3 is 19.2 Å². The largest absolute Gasteiger partial charge is 0.505 e. The molecule has 1 aromatic carbocycles. The number of phenols is 1. The van der Waals surface area contributed by atoms with Crippen molar-refractivity contribution in [1.29, 1.82) is 0 Å². The average molecular weight is 268 g/mol. The lowest BCUT2D eigenvalue weighted by Gasteiger charge is -2.32. The third-order valence-corrected chi connectivity index (χ3v) is 3.80. The van der Waals surface area contributed by atoms with Crippen LogP contribution in [-0.2, 0) is 9.31 Å². The fourth-order valence-corrected chi connectivity index (χ4v) is 1.90. The van der Waals surface area contributed by atoms with E-state index in [1.807, 2.05) is 27.7 Å². The second-order valence-corrected chi connectivity index (χ2v) is 5.63. The van der Waals surface area contributed by atoms with Gasteiger partial charge in [-0.3, -0.25) is 0 Å². The number of phenolic OH excluding ortho intramolecular Hbond substituents is 1. The smallest absolute Gasteiger partial charge is 0.498 e. The summed E-state index contributed by atoms with van der Waals surface area (Å²) in [4.78, 5) is 0. The van der Waals surface area contributed by atoms with Gasteiger partial charge in [0.15, 0.2) is 11.5 Å².